The van der Waals surface area contributed by atoms with Crippen LogP contribution in [0.1, 0.15) is 107 Å². The highest BCUT2D eigenvalue weighted by molar-refractivity contribution is 7.22. The van der Waals surface area contributed by atoms with E-state index in [-0.39, 0.29) is 79.3 Å². The van der Waals surface area contributed by atoms with Crippen molar-refractivity contribution in [3.05, 3.63) is 117 Å². The van der Waals surface area contributed by atoms with Gasteiger partial charge in [-0.05, 0) is 106 Å². The highest BCUT2D eigenvalue weighted by atomic mass is 32.1. The SMILES string of the molecule is CCN1CCN(Cc2ccc(NC(=O)c3cccc(-c4ccc5nc(NC(=O)COCCOCCOCCOCCOc6cccc(C(=O)c7csc([C@@H]8CCCN8C(=O)[C@@H](NC(=O)[C@H](C)NC)C8CCCCC8)n7)c6)sc5n4)c3)cc2C(F)(F)F)CC1. The maximum Gasteiger partial charge on any atom is 0.416 e. The summed E-state index contributed by atoms with van der Waals surface area (Å²) in [5.41, 5.74) is 2.07. The summed E-state index contributed by atoms with van der Waals surface area (Å²) in [7, 11) is 1.73. The van der Waals surface area contributed by atoms with E-state index in [4.69, 9.17) is 33.7 Å². The molecule has 472 valence electrons. The summed E-state index contributed by atoms with van der Waals surface area (Å²) in [4.78, 5) is 87.5. The topological polar surface area (TPSA) is 228 Å². The van der Waals surface area contributed by atoms with Crippen LogP contribution >= 0.6 is 22.7 Å². The molecular formula is C63H77F3N10O10S2. The van der Waals surface area contributed by atoms with Crippen LogP contribution in [0.3, 0.4) is 0 Å². The first kappa shape index (κ1) is 65.6. The van der Waals surface area contributed by atoms with Gasteiger partial charge in [0.1, 0.15) is 46.1 Å². The maximum absolute atomic E-state index is 14.3. The second-order valence-electron chi connectivity index (χ2n) is 22.0. The molecule has 20 nitrogen and oxygen atoms in total. The zero-order chi connectivity index (χ0) is 62.0. The van der Waals surface area contributed by atoms with Crippen molar-refractivity contribution < 1.29 is 60.8 Å². The molecule has 2 saturated heterocycles. The predicted octanol–water partition coefficient (Wildman–Crippen LogP) is 8.87. The van der Waals surface area contributed by atoms with Crippen LogP contribution in [0.15, 0.2) is 84.2 Å². The quantitative estimate of drug-likeness (QED) is 0.0244. The molecule has 1 saturated carbocycles. The van der Waals surface area contributed by atoms with E-state index in [1.165, 1.54) is 34.8 Å². The predicted molar refractivity (Wildman–Crippen MR) is 330 cm³/mol. The third kappa shape index (κ3) is 18.2. The highest BCUT2D eigenvalue weighted by Crippen LogP contribution is 2.38. The van der Waals surface area contributed by atoms with Crippen molar-refractivity contribution in [2.45, 2.75) is 89.6 Å². The van der Waals surface area contributed by atoms with Crippen molar-refractivity contribution in [3.63, 3.8) is 0 Å². The van der Waals surface area contributed by atoms with E-state index in [0.29, 0.717) is 101 Å². The van der Waals surface area contributed by atoms with Gasteiger partial charge in [0.25, 0.3) is 11.8 Å². The normalized spacial score (nSPS) is 16.8. The van der Waals surface area contributed by atoms with Crippen LogP contribution in [-0.2, 0) is 46.1 Å². The number of carbonyl (C=O) groups is 5. The van der Waals surface area contributed by atoms with E-state index in [1.54, 1.807) is 80.0 Å². The number of carbonyl (C=O) groups excluding carboxylic acids is 5. The van der Waals surface area contributed by atoms with Crippen LogP contribution in [0.2, 0.25) is 0 Å². The van der Waals surface area contributed by atoms with Crippen molar-refractivity contribution in [2.75, 3.05) is 116 Å². The number of pyridine rings is 1. The fourth-order valence-electron chi connectivity index (χ4n) is 11.0. The van der Waals surface area contributed by atoms with Gasteiger partial charge >= 0.3 is 6.18 Å². The maximum atomic E-state index is 14.3. The number of alkyl halides is 3. The largest absolute Gasteiger partial charge is 0.491 e. The molecule has 6 aromatic rings. The minimum atomic E-state index is -4.60. The molecule has 3 aromatic carbocycles. The van der Waals surface area contributed by atoms with E-state index in [9.17, 15) is 37.1 Å². The second kappa shape index (κ2) is 32.1. The van der Waals surface area contributed by atoms with Gasteiger partial charge in [-0.2, -0.15) is 13.2 Å². The summed E-state index contributed by atoms with van der Waals surface area (Å²) in [5.74, 6) is -0.908. The van der Waals surface area contributed by atoms with Gasteiger partial charge in [-0.25, -0.2) is 15.0 Å². The molecule has 3 fully saturated rings. The lowest BCUT2D eigenvalue weighted by molar-refractivity contribution is -0.139. The summed E-state index contributed by atoms with van der Waals surface area (Å²) in [6.07, 6.45) is 1.94. The van der Waals surface area contributed by atoms with Crippen molar-refractivity contribution in [2.24, 2.45) is 5.92 Å². The number of likely N-dealkylation sites (N-methyl/N-ethyl adjacent to an activating group) is 2. The number of likely N-dealkylation sites (tertiary alicyclic amines) is 1. The molecule has 4 amide bonds. The summed E-state index contributed by atoms with van der Waals surface area (Å²) in [6.45, 7) is 10.5. The number of ether oxygens (including phenoxy) is 5. The Labute approximate surface area is 518 Å². The fraction of sp³-hybridized carbons (Fsp3) is 0.492. The van der Waals surface area contributed by atoms with Crippen molar-refractivity contribution >= 4 is 73.3 Å². The summed E-state index contributed by atoms with van der Waals surface area (Å²) in [5, 5.41) is 14.2. The number of nitrogens with one attached hydrogen (secondary N) is 4. The number of fused-ring (bicyclic) bond motifs is 1. The number of halogens is 3. The van der Waals surface area contributed by atoms with E-state index >= 15 is 0 Å². The number of rotatable bonds is 30. The van der Waals surface area contributed by atoms with Gasteiger partial charge in [0.2, 0.25) is 17.6 Å². The number of nitrogens with zero attached hydrogens (tertiary/aromatic N) is 6. The summed E-state index contributed by atoms with van der Waals surface area (Å²) in [6, 6.07) is 19.7. The van der Waals surface area contributed by atoms with Crippen molar-refractivity contribution in [1.82, 2.24) is 40.3 Å². The van der Waals surface area contributed by atoms with Gasteiger partial charge in [-0.1, -0.05) is 67.9 Å². The van der Waals surface area contributed by atoms with Crippen LogP contribution in [-0.4, -0.2) is 177 Å². The Morgan fingerprint density at radius 3 is 2.16 bits per heavy atom. The zero-order valence-electron chi connectivity index (χ0n) is 49.9. The Morgan fingerprint density at radius 2 is 1.43 bits per heavy atom. The molecule has 5 heterocycles. The Bertz CT molecular complexity index is 3320. The van der Waals surface area contributed by atoms with E-state index < -0.39 is 35.6 Å². The monoisotopic (exact) mass is 1250 g/mol. The molecule has 0 spiro atoms. The molecule has 0 bridgehead atoms. The molecule has 1 aliphatic carbocycles. The molecule has 0 unspecified atom stereocenters. The standard InChI is InChI=1S/C63H77F3N10O10S2/c1-4-74-23-25-75(26-24-74)38-46-18-19-47(37-49(46)63(64,65)66)68-58(80)45-15-8-13-43(35-45)50-20-21-51-59(69-50)88-62(71-51)72-54(77)39-85-32-31-83-28-27-82-29-30-84-33-34-86-48-16-9-14-44(36-48)56(78)52-40-87-60(70-52)53-17-10-22-76(53)61(81)55(42-11-6-5-7-12-42)73-57(79)41(2)67-3/h8-9,13-16,18-21,35-37,40-42,53,55,67H,4-7,10-12,17,22-34,38-39H2,1-3H3,(H,68,80)(H,73,79)(H,71,72,77)/t41-,53-,55-/m0/s1. The minimum absolute atomic E-state index is 0.0383. The molecule has 4 N–H and O–H groups in total. The average molecular weight is 1260 g/mol. The van der Waals surface area contributed by atoms with Crippen molar-refractivity contribution in [1.29, 1.82) is 0 Å². The highest BCUT2D eigenvalue weighted by Gasteiger charge is 2.41. The smallest absolute Gasteiger partial charge is 0.416 e. The van der Waals surface area contributed by atoms with Gasteiger partial charge in [0, 0.05) is 67.0 Å². The Hall–Kier alpha value is -6.81. The Balaban J connectivity index is 0.625. The van der Waals surface area contributed by atoms with Crippen LogP contribution in [0.4, 0.5) is 24.0 Å². The lowest BCUT2D eigenvalue weighted by atomic mass is 9.83. The third-order valence-corrected chi connectivity index (χ3v) is 17.8. The zero-order valence-corrected chi connectivity index (χ0v) is 51.5. The second-order valence-corrected chi connectivity index (χ2v) is 23.8. The first-order chi connectivity index (χ1) is 42.6. The molecule has 88 heavy (non-hydrogen) atoms. The number of aromatic nitrogens is 3. The molecule has 9 rings (SSSR count). The van der Waals surface area contributed by atoms with Gasteiger partial charge in [0.15, 0.2) is 5.13 Å². The first-order valence-electron chi connectivity index (χ1n) is 30.1. The van der Waals surface area contributed by atoms with E-state index in [2.05, 4.69) is 38.1 Å². The van der Waals surface area contributed by atoms with Crippen LogP contribution in [0.5, 0.6) is 5.75 Å². The number of anilines is 2. The molecule has 25 heteroatoms. The first-order valence-corrected chi connectivity index (χ1v) is 31.8. The number of piperazine rings is 1. The number of amides is 4. The average Bonchev–Trinajstić information content (AvgIpc) is 2.30. The number of hydrogen-bond acceptors (Lipinski definition) is 18. The molecule has 3 aromatic heterocycles. The number of hydrogen-bond donors (Lipinski definition) is 4. The molecular weight excluding hydrogens is 1180 g/mol. The molecule has 3 aliphatic rings. The lowest BCUT2D eigenvalue weighted by Crippen LogP contribution is -2.55. The third-order valence-electron chi connectivity index (χ3n) is 15.9. The summed E-state index contributed by atoms with van der Waals surface area (Å²) >= 11 is 2.54. The van der Waals surface area contributed by atoms with E-state index in [0.717, 1.165) is 70.6 Å². The Kier molecular flexibility index (Phi) is 23.9. The number of ketones is 1. The van der Waals surface area contributed by atoms with E-state index in [1.807, 2.05) is 9.80 Å². The lowest BCUT2D eigenvalue weighted by Gasteiger charge is -2.35. The molecule has 2 aliphatic heterocycles. The van der Waals surface area contributed by atoms with Gasteiger partial charge in [-0.15, -0.1) is 11.3 Å². The van der Waals surface area contributed by atoms with Crippen molar-refractivity contribution in [3.8, 4) is 17.0 Å². The van der Waals surface area contributed by atoms with Crippen LogP contribution in [0, 0.1) is 5.92 Å². The minimum Gasteiger partial charge on any atom is -0.491 e. The van der Waals surface area contributed by atoms with Gasteiger partial charge in [0.05, 0.1) is 69.6 Å². The number of benzene rings is 3. The van der Waals surface area contributed by atoms with Gasteiger partial charge < -0.3 is 49.4 Å². The molecule has 0 radical (unpaired) electrons. The number of thiazole rings is 2. The fourth-order valence-corrected chi connectivity index (χ4v) is 12.8. The Morgan fingerprint density at radius 1 is 0.727 bits per heavy atom. The van der Waals surface area contributed by atoms with Gasteiger partial charge in [-0.3, -0.25) is 34.2 Å². The summed E-state index contributed by atoms with van der Waals surface area (Å²) < 4.78 is 71.0. The van der Waals surface area contributed by atoms with Crippen LogP contribution < -0.4 is 26.0 Å². The van der Waals surface area contributed by atoms with Crippen LogP contribution in [0.25, 0.3) is 21.6 Å². The molecule has 3 atom stereocenters.